The number of allylic oxidation sites excluding steroid dienone is 1. The lowest BCUT2D eigenvalue weighted by atomic mass is 9.89. The molecule has 23 heavy (non-hydrogen) atoms. The highest BCUT2D eigenvalue weighted by molar-refractivity contribution is 6.13. The fraction of sp³-hybridized carbons (Fsp3) is 0.111. The molecule has 112 valence electrons. The Morgan fingerprint density at radius 2 is 2.00 bits per heavy atom. The first-order valence-corrected chi connectivity index (χ1v) is 7.45. The number of carbonyl (C=O) groups excluding carboxylic acids is 1. The second-order valence-electron chi connectivity index (χ2n) is 5.42. The Morgan fingerprint density at radius 3 is 2.87 bits per heavy atom. The molecule has 2 aromatic heterocycles. The molecule has 0 saturated heterocycles. The zero-order valence-corrected chi connectivity index (χ0v) is 12.4. The normalized spacial score (nSPS) is 15.7. The van der Waals surface area contributed by atoms with E-state index in [0.717, 1.165) is 34.5 Å². The number of aromatic amines is 1. The molecule has 0 aliphatic heterocycles. The molecule has 1 aliphatic rings. The topological polar surface area (TPSA) is 71.5 Å². The molecule has 1 N–H and O–H groups in total. The van der Waals surface area contributed by atoms with Gasteiger partial charge in [0.25, 0.3) is 0 Å². The van der Waals surface area contributed by atoms with Gasteiger partial charge in [-0.15, -0.1) is 0 Å². The maximum absolute atomic E-state index is 12.6. The van der Waals surface area contributed by atoms with Crippen molar-refractivity contribution in [1.82, 2.24) is 19.9 Å². The van der Waals surface area contributed by atoms with Gasteiger partial charge in [-0.25, -0.2) is 15.0 Å². The molecule has 5 heteroatoms. The maximum Gasteiger partial charge on any atom is 0.192 e. The van der Waals surface area contributed by atoms with Gasteiger partial charge in [0.05, 0.1) is 23.3 Å². The molecule has 5 nitrogen and oxygen atoms in total. The third-order valence-electron chi connectivity index (χ3n) is 4.03. The van der Waals surface area contributed by atoms with Crippen molar-refractivity contribution in [3.8, 4) is 11.3 Å². The minimum absolute atomic E-state index is 0.0173. The van der Waals surface area contributed by atoms with Gasteiger partial charge in [-0.05, 0) is 24.5 Å². The van der Waals surface area contributed by atoms with E-state index in [0.29, 0.717) is 12.0 Å². The number of H-pyrrole nitrogens is 1. The number of nitrogens with zero attached hydrogens (tertiary/aromatic N) is 3. The molecule has 1 aliphatic carbocycles. The largest absolute Gasteiger partial charge is 0.351 e. The molecule has 3 aromatic rings. The number of carbonyl (C=O) groups is 1. The molecule has 0 amide bonds. The highest BCUT2D eigenvalue weighted by Crippen LogP contribution is 2.28. The smallest absolute Gasteiger partial charge is 0.192 e. The van der Waals surface area contributed by atoms with Gasteiger partial charge in [-0.3, -0.25) is 4.79 Å². The van der Waals surface area contributed by atoms with Gasteiger partial charge in [-0.2, -0.15) is 0 Å². The first-order valence-electron chi connectivity index (χ1n) is 7.45. The van der Waals surface area contributed by atoms with E-state index in [1.54, 1.807) is 12.5 Å². The summed E-state index contributed by atoms with van der Waals surface area (Å²) in [5.41, 5.74) is 5.09. The average molecular weight is 302 g/mol. The van der Waals surface area contributed by atoms with E-state index in [-0.39, 0.29) is 5.78 Å². The van der Waals surface area contributed by atoms with Gasteiger partial charge in [-0.1, -0.05) is 24.3 Å². The summed E-state index contributed by atoms with van der Waals surface area (Å²) in [6, 6.07) is 7.94. The van der Waals surface area contributed by atoms with Crippen molar-refractivity contribution in [3.63, 3.8) is 0 Å². The molecule has 0 atom stereocenters. The molecule has 0 saturated carbocycles. The van der Waals surface area contributed by atoms with E-state index in [4.69, 9.17) is 0 Å². The quantitative estimate of drug-likeness (QED) is 0.738. The van der Waals surface area contributed by atoms with Crippen molar-refractivity contribution >= 4 is 11.9 Å². The number of fused-ring (bicyclic) bond motifs is 1. The second-order valence-corrected chi connectivity index (χ2v) is 5.42. The van der Waals surface area contributed by atoms with Gasteiger partial charge >= 0.3 is 0 Å². The first kappa shape index (κ1) is 13.6. The summed E-state index contributed by atoms with van der Waals surface area (Å²) in [7, 11) is 0. The highest BCUT2D eigenvalue weighted by Gasteiger charge is 2.23. The van der Waals surface area contributed by atoms with E-state index in [9.17, 15) is 4.79 Å². The number of imidazole rings is 1. The molecule has 2 heterocycles. The molecule has 1 aromatic carbocycles. The van der Waals surface area contributed by atoms with Crippen LogP contribution in [0.15, 0.2) is 54.9 Å². The lowest BCUT2D eigenvalue weighted by Crippen LogP contribution is -2.15. The first-order chi connectivity index (χ1) is 11.3. The van der Waals surface area contributed by atoms with E-state index in [1.165, 1.54) is 6.33 Å². The predicted molar refractivity (Wildman–Crippen MR) is 86.7 cm³/mol. The van der Waals surface area contributed by atoms with Gasteiger partial charge in [0.1, 0.15) is 6.33 Å². The summed E-state index contributed by atoms with van der Waals surface area (Å²) in [5, 5.41) is 0. The van der Waals surface area contributed by atoms with Gasteiger partial charge < -0.3 is 4.98 Å². The number of Topliss-reactive ketones (excluding diaryl/α,β-unsaturated/α-hetero) is 1. The van der Waals surface area contributed by atoms with Crippen LogP contribution in [0.2, 0.25) is 0 Å². The third-order valence-corrected chi connectivity index (χ3v) is 4.03. The van der Waals surface area contributed by atoms with Crippen molar-refractivity contribution in [2.75, 3.05) is 0 Å². The molecular formula is C18H14N4O. The minimum atomic E-state index is 0.0173. The van der Waals surface area contributed by atoms with Crippen molar-refractivity contribution < 1.29 is 4.79 Å². The number of aryl methyl sites for hydroxylation is 1. The van der Waals surface area contributed by atoms with Crippen LogP contribution < -0.4 is 0 Å². The molecule has 0 bridgehead atoms. The summed E-state index contributed by atoms with van der Waals surface area (Å²) in [5.74, 6) is 0.0173. The fourth-order valence-electron chi connectivity index (χ4n) is 2.87. The van der Waals surface area contributed by atoms with Crippen molar-refractivity contribution in [2.45, 2.75) is 12.8 Å². The lowest BCUT2D eigenvalue weighted by molar-refractivity contribution is 0.102. The standard InChI is InChI=1S/C18H14N4O/c23-18-13(5-6-16-15(18)8-19-10-21-16)7-12-3-1-2-4-14(12)17-9-20-11-22-17/h1-4,7-11H,5-6H2,(H,20,22)/b13-7+. The Bertz CT molecular complexity index is 897. The Morgan fingerprint density at radius 1 is 1.09 bits per heavy atom. The number of hydrogen-bond donors (Lipinski definition) is 1. The number of benzene rings is 1. The van der Waals surface area contributed by atoms with E-state index in [1.807, 2.05) is 36.5 Å². The lowest BCUT2D eigenvalue weighted by Gasteiger charge is -2.16. The summed E-state index contributed by atoms with van der Waals surface area (Å²) in [6.45, 7) is 0. The van der Waals surface area contributed by atoms with Crippen molar-refractivity contribution in [3.05, 3.63) is 71.7 Å². The van der Waals surface area contributed by atoms with Crippen LogP contribution in [0.5, 0.6) is 0 Å². The number of aromatic nitrogens is 4. The average Bonchev–Trinajstić information content (AvgIpc) is 3.12. The monoisotopic (exact) mass is 302 g/mol. The Hall–Kier alpha value is -3.08. The van der Waals surface area contributed by atoms with Crippen LogP contribution in [-0.2, 0) is 6.42 Å². The van der Waals surface area contributed by atoms with Gasteiger partial charge in [0, 0.05) is 23.5 Å². The fourth-order valence-corrected chi connectivity index (χ4v) is 2.87. The zero-order chi connectivity index (χ0) is 15.6. The van der Waals surface area contributed by atoms with Crippen LogP contribution in [0, 0.1) is 0 Å². The van der Waals surface area contributed by atoms with Crippen LogP contribution in [0.3, 0.4) is 0 Å². The Kier molecular flexibility index (Phi) is 3.31. The summed E-state index contributed by atoms with van der Waals surface area (Å²) >= 11 is 0. The van der Waals surface area contributed by atoms with Crippen molar-refractivity contribution in [2.24, 2.45) is 0 Å². The molecular weight excluding hydrogens is 288 g/mol. The molecule has 4 rings (SSSR count). The number of ketones is 1. The minimum Gasteiger partial charge on any atom is -0.351 e. The maximum atomic E-state index is 12.6. The van der Waals surface area contributed by atoms with E-state index in [2.05, 4.69) is 19.9 Å². The van der Waals surface area contributed by atoms with Crippen LogP contribution in [0.4, 0.5) is 0 Å². The summed E-state index contributed by atoms with van der Waals surface area (Å²) in [4.78, 5) is 28.1. The summed E-state index contributed by atoms with van der Waals surface area (Å²) in [6.07, 6.45) is 10.0. The van der Waals surface area contributed by atoms with Gasteiger partial charge in [0.15, 0.2) is 5.78 Å². The molecule has 0 spiro atoms. The Balaban J connectivity index is 1.77. The SMILES string of the molecule is O=C1/C(=C/c2ccccc2-c2c[nH]cn2)CCc2ncncc21. The number of nitrogens with one attached hydrogen (secondary N) is 1. The van der Waals surface area contributed by atoms with E-state index >= 15 is 0 Å². The molecule has 0 fully saturated rings. The summed E-state index contributed by atoms with van der Waals surface area (Å²) < 4.78 is 0. The number of hydrogen-bond acceptors (Lipinski definition) is 4. The van der Waals surface area contributed by atoms with Gasteiger partial charge in [0.2, 0.25) is 0 Å². The van der Waals surface area contributed by atoms with Crippen LogP contribution in [-0.4, -0.2) is 25.7 Å². The van der Waals surface area contributed by atoms with Crippen LogP contribution in [0.25, 0.3) is 17.3 Å². The zero-order valence-electron chi connectivity index (χ0n) is 12.4. The van der Waals surface area contributed by atoms with Crippen LogP contribution >= 0.6 is 0 Å². The van der Waals surface area contributed by atoms with Crippen molar-refractivity contribution in [1.29, 1.82) is 0 Å². The predicted octanol–water partition coefficient (Wildman–Crippen LogP) is 3.08. The number of rotatable bonds is 2. The Labute approximate surface area is 133 Å². The third kappa shape index (κ3) is 2.46. The molecule has 0 radical (unpaired) electrons. The van der Waals surface area contributed by atoms with E-state index < -0.39 is 0 Å². The highest BCUT2D eigenvalue weighted by atomic mass is 16.1. The molecule has 0 unspecified atom stereocenters. The second kappa shape index (κ2) is 5.61. The van der Waals surface area contributed by atoms with Crippen LogP contribution in [0.1, 0.15) is 28.0 Å².